The first kappa shape index (κ1) is 17.7. The summed E-state index contributed by atoms with van der Waals surface area (Å²) in [7, 11) is 0. The van der Waals surface area contributed by atoms with Crippen LogP contribution in [0.15, 0.2) is 30.5 Å². The monoisotopic (exact) mass is 379 g/mol. The number of halogens is 1. The maximum Gasteiger partial charge on any atom is 0.321 e. The van der Waals surface area contributed by atoms with Gasteiger partial charge in [0.05, 0.1) is 20.8 Å². The van der Waals surface area contributed by atoms with Gasteiger partial charge < -0.3 is 15.3 Å². The Morgan fingerprint density at radius 1 is 1.36 bits per heavy atom. The van der Waals surface area contributed by atoms with Crippen molar-refractivity contribution in [3.63, 3.8) is 0 Å². The normalized spacial score (nSPS) is 20.3. The maximum atomic E-state index is 12.6. The molecule has 1 aliphatic rings. The van der Waals surface area contributed by atoms with E-state index < -0.39 is 11.9 Å². The summed E-state index contributed by atoms with van der Waals surface area (Å²) in [5.41, 5.74) is 1.23. The first-order valence-corrected chi connectivity index (χ1v) is 9.13. The Bertz CT molecular complexity index is 795. The lowest BCUT2D eigenvalue weighted by Gasteiger charge is -2.34. The average molecular weight is 380 g/mol. The Hall–Kier alpha value is -2.12. The van der Waals surface area contributed by atoms with E-state index in [0.29, 0.717) is 28.7 Å². The van der Waals surface area contributed by atoms with Crippen molar-refractivity contribution < 1.29 is 14.7 Å². The molecule has 0 aliphatic carbocycles. The van der Waals surface area contributed by atoms with Crippen molar-refractivity contribution in [3.05, 3.63) is 34.8 Å². The third-order valence-corrected chi connectivity index (χ3v) is 5.39. The molecule has 0 aromatic carbocycles. The van der Waals surface area contributed by atoms with Gasteiger partial charge in [-0.05, 0) is 36.6 Å². The molecule has 2 amide bonds. The van der Waals surface area contributed by atoms with E-state index in [1.807, 2.05) is 13.0 Å². The van der Waals surface area contributed by atoms with Crippen molar-refractivity contribution in [2.75, 3.05) is 18.4 Å². The third-order valence-electron chi connectivity index (χ3n) is 4.15. The number of nitrogens with zero attached hydrogens (tertiary/aromatic N) is 2. The highest BCUT2D eigenvalue weighted by Gasteiger charge is 2.32. The van der Waals surface area contributed by atoms with E-state index in [0.717, 1.165) is 4.88 Å². The average Bonchev–Trinajstić information content (AvgIpc) is 3.01. The SMILES string of the molecule is CC1CC(C(=O)O)CN(C(=O)Nc2cccnc2-c2ccc(Cl)s2)C1. The second kappa shape index (κ2) is 7.41. The number of aliphatic carboxylic acids is 1. The van der Waals surface area contributed by atoms with E-state index in [1.54, 1.807) is 29.3 Å². The number of hydrogen-bond acceptors (Lipinski definition) is 4. The predicted octanol–water partition coefficient (Wildman–Crippen LogP) is 4.04. The molecule has 0 radical (unpaired) electrons. The number of carboxylic acid groups (broad SMARTS) is 1. The van der Waals surface area contributed by atoms with Crippen LogP contribution in [0.2, 0.25) is 4.34 Å². The van der Waals surface area contributed by atoms with Crippen LogP contribution in [0, 0.1) is 11.8 Å². The van der Waals surface area contributed by atoms with Crippen molar-refractivity contribution in [2.24, 2.45) is 11.8 Å². The summed E-state index contributed by atoms with van der Waals surface area (Å²) in [6, 6.07) is 6.85. The fourth-order valence-corrected chi connectivity index (χ4v) is 4.09. The summed E-state index contributed by atoms with van der Waals surface area (Å²) in [4.78, 5) is 30.7. The maximum absolute atomic E-state index is 12.6. The Labute approximate surface area is 154 Å². The second-order valence-electron chi connectivity index (χ2n) is 6.21. The zero-order chi connectivity index (χ0) is 18.0. The fourth-order valence-electron chi connectivity index (χ4n) is 3.03. The number of rotatable bonds is 3. The smallest absolute Gasteiger partial charge is 0.321 e. The molecule has 2 unspecified atom stereocenters. The number of amides is 2. The van der Waals surface area contributed by atoms with Crippen LogP contribution in [-0.4, -0.2) is 40.1 Å². The minimum Gasteiger partial charge on any atom is -0.481 e. The molecule has 132 valence electrons. The van der Waals surface area contributed by atoms with Crippen molar-refractivity contribution in [1.82, 2.24) is 9.88 Å². The molecule has 1 fully saturated rings. The number of urea groups is 1. The summed E-state index contributed by atoms with van der Waals surface area (Å²) < 4.78 is 0.645. The van der Waals surface area contributed by atoms with Gasteiger partial charge in [0.2, 0.25) is 0 Å². The minimum atomic E-state index is -0.861. The summed E-state index contributed by atoms with van der Waals surface area (Å²) in [6.45, 7) is 2.71. The van der Waals surface area contributed by atoms with Gasteiger partial charge in [-0.15, -0.1) is 11.3 Å². The molecule has 1 saturated heterocycles. The largest absolute Gasteiger partial charge is 0.481 e. The third kappa shape index (κ3) is 4.11. The fraction of sp³-hybridized carbons (Fsp3) is 0.353. The number of carbonyl (C=O) groups excluding carboxylic acids is 1. The molecule has 2 atom stereocenters. The van der Waals surface area contributed by atoms with Crippen molar-refractivity contribution in [1.29, 1.82) is 0 Å². The molecule has 8 heteroatoms. The zero-order valence-electron chi connectivity index (χ0n) is 13.6. The second-order valence-corrected chi connectivity index (χ2v) is 7.93. The summed E-state index contributed by atoms with van der Waals surface area (Å²) in [5, 5.41) is 12.1. The molecule has 3 rings (SSSR count). The Morgan fingerprint density at radius 2 is 2.16 bits per heavy atom. The number of hydrogen-bond donors (Lipinski definition) is 2. The quantitative estimate of drug-likeness (QED) is 0.843. The summed E-state index contributed by atoms with van der Waals surface area (Å²) in [6.07, 6.45) is 2.24. The van der Waals surface area contributed by atoms with Crippen LogP contribution in [0.4, 0.5) is 10.5 Å². The minimum absolute atomic E-state index is 0.144. The molecule has 2 N–H and O–H groups in total. The molecular weight excluding hydrogens is 362 g/mol. The number of carboxylic acids is 1. The topological polar surface area (TPSA) is 82.5 Å². The van der Waals surface area contributed by atoms with Gasteiger partial charge >= 0.3 is 12.0 Å². The van der Waals surface area contributed by atoms with Crippen LogP contribution in [-0.2, 0) is 4.79 Å². The molecule has 1 aliphatic heterocycles. The van der Waals surface area contributed by atoms with Crippen LogP contribution in [0.5, 0.6) is 0 Å². The number of thiophene rings is 1. The molecule has 2 aromatic rings. The van der Waals surface area contributed by atoms with Gasteiger partial charge in [-0.1, -0.05) is 18.5 Å². The van der Waals surface area contributed by atoms with Crippen LogP contribution in [0.1, 0.15) is 13.3 Å². The van der Waals surface area contributed by atoms with Gasteiger partial charge in [-0.2, -0.15) is 0 Å². The van der Waals surface area contributed by atoms with Crippen LogP contribution in [0.25, 0.3) is 10.6 Å². The van der Waals surface area contributed by atoms with E-state index in [2.05, 4.69) is 10.3 Å². The molecular formula is C17H18ClN3O3S. The van der Waals surface area contributed by atoms with Crippen LogP contribution >= 0.6 is 22.9 Å². The molecule has 0 spiro atoms. The van der Waals surface area contributed by atoms with Gasteiger partial charge in [0.1, 0.15) is 5.69 Å². The molecule has 3 heterocycles. The number of carbonyl (C=O) groups is 2. The highest BCUT2D eigenvalue weighted by Crippen LogP contribution is 2.34. The zero-order valence-corrected chi connectivity index (χ0v) is 15.2. The van der Waals surface area contributed by atoms with Crippen LogP contribution < -0.4 is 5.32 Å². The Kier molecular flexibility index (Phi) is 5.24. The molecule has 0 bridgehead atoms. The van der Waals surface area contributed by atoms with E-state index in [4.69, 9.17) is 11.6 Å². The van der Waals surface area contributed by atoms with Crippen molar-refractivity contribution >= 4 is 40.6 Å². The predicted molar refractivity (Wildman–Crippen MR) is 98.1 cm³/mol. The van der Waals surface area contributed by atoms with Crippen molar-refractivity contribution in [3.8, 4) is 10.6 Å². The lowest BCUT2D eigenvalue weighted by Crippen LogP contribution is -2.47. The number of likely N-dealkylation sites (tertiary alicyclic amines) is 1. The van der Waals surface area contributed by atoms with E-state index in [1.165, 1.54) is 11.3 Å². The van der Waals surface area contributed by atoms with Gasteiger partial charge in [0, 0.05) is 19.3 Å². The van der Waals surface area contributed by atoms with Gasteiger partial charge in [-0.25, -0.2) is 4.79 Å². The van der Waals surface area contributed by atoms with Gasteiger partial charge in [-0.3, -0.25) is 9.78 Å². The number of nitrogens with one attached hydrogen (secondary N) is 1. The summed E-state index contributed by atoms with van der Waals surface area (Å²) in [5.74, 6) is -1.25. The standard InChI is InChI=1S/C17H18ClN3O3S/c1-10-7-11(16(22)23)9-21(8-10)17(24)20-12-3-2-6-19-15(12)13-4-5-14(18)25-13/h2-6,10-11H,7-9H2,1H3,(H,20,24)(H,22,23). The Morgan fingerprint density at radius 3 is 2.84 bits per heavy atom. The molecule has 6 nitrogen and oxygen atoms in total. The summed E-state index contributed by atoms with van der Waals surface area (Å²) >= 11 is 7.37. The number of anilines is 1. The number of aromatic nitrogens is 1. The van der Waals surface area contributed by atoms with Crippen molar-refractivity contribution in [2.45, 2.75) is 13.3 Å². The first-order chi connectivity index (χ1) is 11.9. The Balaban J connectivity index is 1.78. The molecule has 2 aromatic heterocycles. The highest BCUT2D eigenvalue weighted by atomic mass is 35.5. The van der Waals surface area contributed by atoms with E-state index in [-0.39, 0.29) is 18.5 Å². The highest BCUT2D eigenvalue weighted by molar-refractivity contribution is 7.19. The lowest BCUT2D eigenvalue weighted by molar-refractivity contribution is -0.143. The molecule has 0 saturated carbocycles. The number of piperidine rings is 1. The van der Waals surface area contributed by atoms with E-state index >= 15 is 0 Å². The van der Waals surface area contributed by atoms with Gasteiger partial charge in [0.15, 0.2) is 0 Å². The van der Waals surface area contributed by atoms with Gasteiger partial charge in [0.25, 0.3) is 0 Å². The van der Waals surface area contributed by atoms with Crippen LogP contribution in [0.3, 0.4) is 0 Å². The lowest BCUT2D eigenvalue weighted by atomic mass is 9.91. The van der Waals surface area contributed by atoms with E-state index in [9.17, 15) is 14.7 Å². The molecule has 25 heavy (non-hydrogen) atoms. The number of pyridine rings is 1. The first-order valence-electron chi connectivity index (χ1n) is 7.93.